The zero-order valence-electron chi connectivity index (χ0n) is 9.65. The monoisotopic (exact) mass is 218 g/mol. The van der Waals surface area contributed by atoms with Gasteiger partial charge in [-0.3, -0.25) is 4.79 Å². The molecule has 0 saturated heterocycles. The summed E-state index contributed by atoms with van der Waals surface area (Å²) in [4.78, 5) is 11.5. The predicted molar refractivity (Wildman–Crippen MR) is 59.7 cm³/mol. The summed E-state index contributed by atoms with van der Waals surface area (Å²) < 4.78 is 0. The maximum atomic E-state index is 11.5. The molecule has 0 aromatic carbocycles. The Hall–Kier alpha value is -0.790. The number of allylic oxidation sites excluding steroid dienone is 2. The van der Waals surface area contributed by atoms with Crippen molar-refractivity contribution < 1.29 is 9.90 Å². The van der Waals surface area contributed by atoms with E-state index in [0.29, 0.717) is 17.8 Å². The Labute approximate surface area is 95.7 Å². The second-order valence-electron chi connectivity index (χ2n) is 6.60. The average Bonchev–Trinajstić information content (AvgIpc) is 2.84. The van der Waals surface area contributed by atoms with Crippen molar-refractivity contribution in [2.75, 3.05) is 0 Å². The molecule has 0 heterocycles. The minimum absolute atomic E-state index is 0.411. The van der Waals surface area contributed by atoms with E-state index in [9.17, 15) is 9.90 Å². The van der Waals surface area contributed by atoms with E-state index in [1.165, 1.54) is 19.3 Å². The van der Waals surface area contributed by atoms with Gasteiger partial charge in [-0.05, 0) is 62.2 Å². The van der Waals surface area contributed by atoms with Gasteiger partial charge in [-0.1, -0.05) is 11.6 Å². The Morgan fingerprint density at radius 1 is 1.56 bits per heavy atom. The summed E-state index contributed by atoms with van der Waals surface area (Å²) >= 11 is 0. The highest BCUT2D eigenvalue weighted by Gasteiger charge is 2.64. The summed E-state index contributed by atoms with van der Waals surface area (Å²) in [6, 6.07) is 0. The molecule has 3 fully saturated rings. The Morgan fingerprint density at radius 3 is 3.12 bits per heavy atom. The SMILES string of the molecule is CC1(C(=O)O)CC2CC1C1CC=C3CC3C21. The summed E-state index contributed by atoms with van der Waals surface area (Å²) in [7, 11) is 0. The molecule has 2 nitrogen and oxygen atoms in total. The van der Waals surface area contributed by atoms with Crippen molar-refractivity contribution in [1.82, 2.24) is 0 Å². The van der Waals surface area contributed by atoms with Gasteiger partial charge in [0.2, 0.25) is 0 Å². The van der Waals surface area contributed by atoms with Gasteiger partial charge in [-0.25, -0.2) is 0 Å². The van der Waals surface area contributed by atoms with Gasteiger partial charge < -0.3 is 5.11 Å². The van der Waals surface area contributed by atoms with Gasteiger partial charge in [0, 0.05) is 0 Å². The smallest absolute Gasteiger partial charge is 0.309 e. The topological polar surface area (TPSA) is 37.3 Å². The van der Waals surface area contributed by atoms with E-state index < -0.39 is 11.4 Å². The summed E-state index contributed by atoms with van der Waals surface area (Å²) in [5.74, 6) is 3.04. The molecule has 86 valence electrons. The molecule has 4 aliphatic rings. The molecule has 0 aromatic heterocycles. The molecular formula is C14H18O2. The van der Waals surface area contributed by atoms with Crippen molar-refractivity contribution in [3.05, 3.63) is 11.6 Å². The molecule has 4 rings (SSSR count). The van der Waals surface area contributed by atoms with Crippen LogP contribution in [0, 0.1) is 35.0 Å². The van der Waals surface area contributed by atoms with E-state index >= 15 is 0 Å². The third-order valence-electron chi connectivity index (χ3n) is 5.99. The van der Waals surface area contributed by atoms with Crippen LogP contribution in [0.2, 0.25) is 0 Å². The van der Waals surface area contributed by atoms with Crippen LogP contribution in [0.25, 0.3) is 0 Å². The highest BCUT2D eigenvalue weighted by Crippen LogP contribution is 2.69. The second-order valence-corrected chi connectivity index (χ2v) is 6.60. The number of carbonyl (C=O) groups is 1. The lowest BCUT2D eigenvalue weighted by atomic mass is 9.62. The summed E-state index contributed by atoms with van der Waals surface area (Å²) in [5, 5.41) is 9.45. The molecule has 0 aromatic rings. The van der Waals surface area contributed by atoms with Crippen LogP contribution in [-0.4, -0.2) is 11.1 Å². The van der Waals surface area contributed by atoms with Crippen molar-refractivity contribution in [2.24, 2.45) is 35.0 Å². The summed E-state index contributed by atoms with van der Waals surface area (Å²) in [6.45, 7) is 1.99. The zero-order chi connectivity index (χ0) is 11.1. The fourth-order valence-corrected chi connectivity index (χ4v) is 5.22. The van der Waals surface area contributed by atoms with Gasteiger partial charge in [-0.2, -0.15) is 0 Å². The first-order valence-corrected chi connectivity index (χ1v) is 6.53. The molecule has 0 aliphatic heterocycles. The zero-order valence-corrected chi connectivity index (χ0v) is 9.65. The number of hydrogen-bond acceptors (Lipinski definition) is 1. The molecule has 3 saturated carbocycles. The Kier molecular flexibility index (Phi) is 1.47. The van der Waals surface area contributed by atoms with Crippen LogP contribution < -0.4 is 0 Å². The quantitative estimate of drug-likeness (QED) is 0.687. The molecular weight excluding hydrogens is 200 g/mol. The Morgan fingerprint density at radius 2 is 2.38 bits per heavy atom. The first-order chi connectivity index (χ1) is 7.61. The fourth-order valence-electron chi connectivity index (χ4n) is 5.22. The number of carboxylic acids is 1. The molecule has 0 spiro atoms. The molecule has 16 heavy (non-hydrogen) atoms. The van der Waals surface area contributed by atoms with E-state index in [-0.39, 0.29) is 0 Å². The number of aliphatic carboxylic acids is 1. The number of fused-ring (bicyclic) bond motifs is 7. The van der Waals surface area contributed by atoms with Crippen LogP contribution in [0.1, 0.15) is 32.6 Å². The van der Waals surface area contributed by atoms with Gasteiger partial charge in [0.1, 0.15) is 0 Å². The lowest BCUT2D eigenvalue weighted by Gasteiger charge is -2.41. The fraction of sp³-hybridized carbons (Fsp3) is 0.786. The predicted octanol–water partition coefficient (Wildman–Crippen LogP) is 2.70. The first kappa shape index (κ1) is 9.26. The lowest BCUT2D eigenvalue weighted by molar-refractivity contribution is -0.153. The van der Waals surface area contributed by atoms with Crippen molar-refractivity contribution in [2.45, 2.75) is 32.6 Å². The van der Waals surface area contributed by atoms with Crippen molar-refractivity contribution in [3.8, 4) is 0 Å². The van der Waals surface area contributed by atoms with Crippen LogP contribution in [0.4, 0.5) is 0 Å². The molecule has 6 unspecified atom stereocenters. The Bertz CT molecular complexity index is 411. The Balaban J connectivity index is 1.72. The van der Waals surface area contributed by atoms with E-state index in [0.717, 1.165) is 18.3 Å². The van der Waals surface area contributed by atoms with E-state index in [2.05, 4.69) is 6.08 Å². The van der Waals surface area contributed by atoms with Gasteiger partial charge in [0.25, 0.3) is 0 Å². The van der Waals surface area contributed by atoms with E-state index in [1.807, 2.05) is 6.92 Å². The second kappa shape index (κ2) is 2.55. The van der Waals surface area contributed by atoms with Gasteiger partial charge in [-0.15, -0.1) is 0 Å². The third-order valence-corrected chi connectivity index (χ3v) is 5.99. The van der Waals surface area contributed by atoms with Crippen molar-refractivity contribution >= 4 is 5.97 Å². The van der Waals surface area contributed by atoms with Crippen LogP contribution in [0.3, 0.4) is 0 Å². The molecule has 4 aliphatic carbocycles. The van der Waals surface area contributed by atoms with Gasteiger partial charge in [0.05, 0.1) is 5.41 Å². The number of rotatable bonds is 1. The normalized spacial score (nSPS) is 56.6. The summed E-state index contributed by atoms with van der Waals surface area (Å²) in [6.07, 6.45) is 7.04. The molecule has 0 radical (unpaired) electrons. The van der Waals surface area contributed by atoms with Gasteiger partial charge in [0.15, 0.2) is 0 Å². The molecule has 2 bridgehead atoms. The van der Waals surface area contributed by atoms with E-state index in [1.54, 1.807) is 5.57 Å². The van der Waals surface area contributed by atoms with E-state index in [4.69, 9.17) is 0 Å². The minimum Gasteiger partial charge on any atom is -0.481 e. The highest BCUT2D eigenvalue weighted by atomic mass is 16.4. The summed E-state index contributed by atoms with van der Waals surface area (Å²) in [5.41, 5.74) is 1.28. The number of hydrogen-bond donors (Lipinski definition) is 1. The minimum atomic E-state index is -0.552. The molecule has 1 N–H and O–H groups in total. The maximum Gasteiger partial charge on any atom is 0.309 e. The van der Waals surface area contributed by atoms with Crippen LogP contribution in [0.15, 0.2) is 11.6 Å². The lowest BCUT2D eigenvalue weighted by Crippen LogP contribution is -2.41. The first-order valence-electron chi connectivity index (χ1n) is 6.53. The van der Waals surface area contributed by atoms with Gasteiger partial charge >= 0.3 is 5.97 Å². The molecule has 2 heteroatoms. The largest absolute Gasteiger partial charge is 0.481 e. The molecule has 6 atom stereocenters. The van der Waals surface area contributed by atoms with Crippen molar-refractivity contribution in [3.63, 3.8) is 0 Å². The van der Waals surface area contributed by atoms with Crippen LogP contribution in [0.5, 0.6) is 0 Å². The van der Waals surface area contributed by atoms with Crippen LogP contribution in [-0.2, 0) is 4.79 Å². The van der Waals surface area contributed by atoms with Crippen LogP contribution >= 0.6 is 0 Å². The number of carboxylic acid groups (broad SMARTS) is 1. The molecule has 0 amide bonds. The average molecular weight is 218 g/mol. The standard InChI is InChI=1S/C14H18O2/c1-14(13(15)16)6-8-5-11(14)9-3-2-7-4-10(7)12(8)9/h2,8-12H,3-6H2,1H3,(H,15,16). The third kappa shape index (κ3) is 0.884. The maximum absolute atomic E-state index is 11.5. The highest BCUT2D eigenvalue weighted by molar-refractivity contribution is 5.75. The van der Waals surface area contributed by atoms with Crippen molar-refractivity contribution in [1.29, 1.82) is 0 Å².